The van der Waals surface area contributed by atoms with Gasteiger partial charge in [-0.25, -0.2) is 23.5 Å². The lowest BCUT2D eigenvalue weighted by Crippen LogP contribution is -2.39. The van der Waals surface area contributed by atoms with E-state index >= 15 is 0 Å². The Labute approximate surface area is 146 Å². The molecule has 0 radical (unpaired) electrons. The first-order chi connectivity index (χ1) is 12.3. The van der Waals surface area contributed by atoms with Gasteiger partial charge in [0.2, 0.25) is 5.92 Å². The summed E-state index contributed by atoms with van der Waals surface area (Å²) in [6.07, 6.45) is 1.37. The highest BCUT2D eigenvalue weighted by Crippen LogP contribution is 2.47. The topological polar surface area (TPSA) is 88.2 Å². The normalized spacial score (nSPS) is 17.8. The van der Waals surface area contributed by atoms with Crippen molar-refractivity contribution < 1.29 is 23.8 Å². The largest absolute Gasteiger partial charge is 0.478 e. The summed E-state index contributed by atoms with van der Waals surface area (Å²) in [5.41, 5.74) is 2.22. The number of hydrogen-bond acceptors (Lipinski definition) is 4. The fraction of sp³-hybridized carbons (Fsp3) is 0.278. The lowest BCUT2D eigenvalue weighted by molar-refractivity contribution is -0.143. The summed E-state index contributed by atoms with van der Waals surface area (Å²) >= 11 is 0. The zero-order valence-corrected chi connectivity index (χ0v) is 13.5. The van der Waals surface area contributed by atoms with Crippen LogP contribution in [0.3, 0.4) is 0 Å². The number of alkyl halides is 2. The smallest absolute Gasteiger partial charge is 0.335 e. The number of hydrogen-bond donors (Lipinski definition) is 2. The van der Waals surface area contributed by atoms with Crippen molar-refractivity contribution in [2.24, 2.45) is 5.92 Å². The molecule has 0 amide bonds. The summed E-state index contributed by atoms with van der Waals surface area (Å²) in [5, 5.41) is 19.2. The van der Waals surface area contributed by atoms with E-state index in [1.54, 1.807) is 29.0 Å². The molecule has 8 heteroatoms. The van der Waals surface area contributed by atoms with Crippen molar-refractivity contribution in [1.29, 1.82) is 0 Å². The van der Waals surface area contributed by atoms with Gasteiger partial charge in [-0.1, -0.05) is 0 Å². The summed E-state index contributed by atoms with van der Waals surface area (Å²) in [7, 11) is 0. The average Bonchev–Trinajstić information content (AvgIpc) is 3.02. The standard InChI is InChI=1S/C18H15F2N3O3/c19-18(20)7-11(8-18)15(24)14-9-21-16-13(22-14)5-6-23(16)12-3-1-10(2-4-12)17(25)26/h1-6,9,11,15,24H,7-8H2,(H,25,26). The first kappa shape index (κ1) is 16.6. The number of fused-ring (bicyclic) bond motifs is 1. The summed E-state index contributed by atoms with van der Waals surface area (Å²) in [6.45, 7) is 0. The molecule has 1 aliphatic rings. The molecule has 0 saturated heterocycles. The van der Waals surface area contributed by atoms with Crippen LogP contribution in [0.15, 0.2) is 42.7 Å². The van der Waals surface area contributed by atoms with Gasteiger partial charge in [0.05, 0.1) is 17.5 Å². The molecular formula is C18H15F2N3O3. The number of carbonyl (C=O) groups is 1. The first-order valence-electron chi connectivity index (χ1n) is 8.08. The number of carboxylic acid groups (broad SMARTS) is 1. The van der Waals surface area contributed by atoms with Gasteiger partial charge in [0.15, 0.2) is 5.65 Å². The maximum Gasteiger partial charge on any atom is 0.335 e. The highest BCUT2D eigenvalue weighted by molar-refractivity contribution is 5.87. The highest BCUT2D eigenvalue weighted by atomic mass is 19.3. The van der Waals surface area contributed by atoms with Gasteiger partial charge in [-0.2, -0.15) is 0 Å². The third-order valence-electron chi connectivity index (χ3n) is 4.67. The van der Waals surface area contributed by atoms with Gasteiger partial charge in [0.1, 0.15) is 11.6 Å². The third kappa shape index (κ3) is 2.82. The zero-order valence-electron chi connectivity index (χ0n) is 13.5. The molecule has 134 valence electrons. The Morgan fingerprint density at radius 2 is 1.92 bits per heavy atom. The van der Waals surface area contributed by atoms with Gasteiger partial charge < -0.3 is 10.2 Å². The second kappa shape index (κ2) is 5.84. The number of benzene rings is 1. The van der Waals surface area contributed by atoms with E-state index in [9.17, 15) is 18.7 Å². The van der Waals surface area contributed by atoms with Crippen LogP contribution in [-0.4, -0.2) is 36.6 Å². The zero-order chi connectivity index (χ0) is 18.5. The van der Waals surface area contributed by atoms with E-state index in [0.717, 1.165) is 0 Å². The molecule has 1 fully saturated rings. The van der Waals surface area contributed by atoms with Crippen LogP contribution in [0.25, 0.3) is 16.9 Å². The number of halogens is 2. The molecule has 6 nitrogen and oxygen atoms in total. The van der Waals surface area contributed by atoms with Crippen molar-refractivity contribution in [2.45, 2.75) is 24.9 Å². The number of aliphatic hydroxyl groups is 1. The Kier molecular flexibility index (Phi) is 3.73. The summed E-state index contributed by atoms with van der Waals surface area (Å²) in [4.78, 5) is 19.6. The van der Waals surface area contributed by atoms with Gasteiger partial charge in [0.25, 0.3) is 0 Å². The molecule has 1 aliphatic carbocycles. The van der Waals surface area contributed by atoms with Crippen LogP contribution in [-0.2, 0) is 0 Å². The molecule has 0 aliphatic heterocycles. The third-order valence-corrected chi connectivity index (χ3v) is 4.67. The van der Waals surface area contributed by atoms with Gasteiger partial charge in [-0.05, 0) is 30.3 Å². The fourth-order valence-electron chi connectivity index (χ4n) is 3.21. The molecule has 2 N–H and O–H groups in total. The molecule has 1 unspecified atom stereocenters. The Morgan fingerprint density at radius 1 is 1.23 bits per heavy atom. The number of aliphatic hydroxyl groups excluding tert-OH is 1. The fourth-order valence-corrected chi connectivity index (χ4v) is 3.21. The number of nitrogens with zero attached hydrogens (tertiary/aromatic N) is 3. The van der Waals surface area contributed by atoms with E-state index in [-0.39, 0.29) is 24.1 Å². The van der Waals surface area contributed by atoms with E-state index in [1.807, 2.05) is 0 Å². The van der Waals surface area contributed by atoms with Crippen LogP contribution < -0.4 is 0 Å². The molecule has 1 aromatic carbocycles. The van der Waals surface area contributed by atoms with Crippen molar-refractivity contribution in [3.05, 3.63) is 54.0 Å². The lowest BCUT2D eigenvalue weighted by atomic mass is 9.77. The van der Waals surface area contributed by atoms with Crippen molar-refractivity contribution in [3.63, 3.8) is 0 Å². The van der Waals surface area contributed by atoms with Crippen molar-refractivity contribution >= 4 is 17.1 Å². The molecule has 3 aromatic rings. The van der Waals surface area contributed by atoms with Crippen molar-refractivity contribution in [2.75, 3.05) is 0 Å². The molecule has 0 bridgehead atoms. The number of rotatable bonds is 4. The van der Waals surface area contributed by atoms with E-state index in [2.05, 4.69) is 9.97 Å². The molecular weight excluding hydrogens is 344 g/mol. The quantitative estimate of drug-likeness (QED) is 0.747. The van der Waals surface area contributed by atoms with E-state index in [4.69, 9.17) is 5.11 Å². The van der Waals surface area contributed by atoms with Gasteiger partial charge in [-0.3, -0.25) is 4.57 Å². The minimum absolute atomic E-state index is 0.180. The molecule has 4 rings (SSSR count). The summed E-state index contributed by atoms with van der Waals surface area (Å²) < 4.78 is 27.7. The van der Waals surface area contributed by atoms with Gasteiger partial charge in [0, 0.05) is 30.6 Å². The molecule has 26 heavy (non-hydrogen) atoms. The summed E-state index contributed by atoms with van der Waals surface area (Å²) in [6, 6.07) is 8.00. The first-order valence-corrected chi connectivity index (χ1v) is 8.08. The van der Waals surface area contributed by atoms with Gasteiger partial charge in [-0.15, -0.1) is 0 Å². The monoisotopic (exact) mass is 359 g/mol. The maximum atomic E-state index is 13.0. The maximum absolute atomic E-state index is 13.0. The van der Waals surface area contributed by atoms with Crippen molar-refractivity contribution in [1.82, 2.24) is 14.5 Å². The molecule has 2 heterocycles. The van der Waals surface area contributed by atoms with E-state index in [0.29, 0.717) is 16.9 Å². The van der Waals surface area contributed by atoms with Crippen LogP contribution in [0.5, 0.6) is 0 Å². The Bertz CT molecular complexity index is 977. The minimum atomic E-state index is -2.70. The Balaban J connectivity index is 1.62. The molecule has 0 spiro atoms. The predicted octanol–water partition coefficient (Wildman–Crippen LogP) is 3.20. The summed E-state index contributed by atoms with van der Waals surface area (Å²) in [5.74, 6) is -4.22. The Hall–Kier alpha value is -2.87. The predicted molar refractivity (Wildman–Crippen MR) is 88.5 cm³/mol. The van der Waals surface area contributed by atoms with E-state index < -0.39 is 23.9 Å². The van der Waals surface area contributed by atoms with Gasteiger partial charge >= 0.3 is 5.97 Å². The van der Waals surface area contributed by atoms with Crippen LogP contribution >= 0.6 is 0 Å². The molecule has 1 atom stereocenters. The molecule has 2 aromatic heterocycles. The van der Waals surface area contributed by atoms with Crippen LogP contribution in [0.2, 0.25) is 0 Å². The van der Waals surface area contributed by atoms with Crippen LogP contribution in [0.4, 0.5) is 8.78 Å². The van der Waals surface area contributed by atoms with Crippen molar-refractivity contribution in [3.8, 4) is 5.69 Å². The Morgan fingerprint density at radius 3 is 2.54 bits per heavy atom. The number of carboxylic acids is 1. The number of aromatic carboxylic acids is 1. The average molecular weight is 359 g/mol. The highest BCUT2D eigenvalue weighted by Gasteiger charge is 2.48. The number of aromatic nitrogens is 3. The second-order valence-electron chi connectivity index (χ2n) is 6.51. The van der Waals surface area contributed by atoms with Crippen LogP contribution in [0.1, 0.15) is 35.0 Å². The van der Waals surface area contributed by atoms with E-state index in [1.165, 1.54) is 18.3 Å². The minimum Gasteiger partial charge on any atom is -0.478 e. The molecule has 1 saturated carbocycles. The second-order valence-corrected chi connectivity index (χ2v) is 6.51. The SMILES string of the molecule is O=C(O)c1ccc(-n2ccc3nc(C(O)C4CC(F)(F)C4)cnc32)cc1. The van der Waals surface area contributed by atoms with Crippen LogP contribution in [0, 0.1) is 5.92 Å². The lowest BCUT2D eigenvalue weighted by Gasteiger charge is -2.37.